The van der Waals surface area contributed by atoms with E-state index in [1.165, 1.54) is 13.0 Å². The number of alkyl halides is 3. The van der Waals surface area contributed by atoms with Crippen molar-refractivity contribution in [3.05, 3.63) is 58.7 Å². The highest BCUT2D eigenvalue weighted by Gasteiger charge is 2.31. The Labute approximate surface area is 145 Å². The molecule has 0 aliphatic rings. The third kappa shape index (κ3) is 4.34. The Balaban J connectivity index is 2.53. The molecule has 0 saturated heterocycles. The number of rotatable bonds is 5. The van der Waals surface area contributed by atoms with Gasteiger partial charge in [0.05, 0.1) is 10.5 Å². The Kier molecular flexibility index (Phi) is 5.46. The zero-order chi connectivity index (χ0) is 18.8. The van der Waals surface area contributed by atoms with E-state index in [0.717, 1.165) is 12.1 Å². The molecular formula is C18H20F3NO2S. The van der Waals surface area contributed by atoms with Crippen molar-refractivity contribution in [3.8, 4) is 0 Å². The Morgan fingerprint density at radius 1 is 1.00 bits per heavy atom. The van der Waals surface area contributed by atoms with E-state index in [4.69, 9.17) is 0 Å². The minimum Gasteiger partial charge on any atom is -0.280 e. The highest BCUT2D eigenvalue weighted by atomic mass is 32.2. The van der Waals surface area contributed by atoms with Crippen LogP contribution in [0.15, 0.2) is 41.3 Å². The zero-order valence-electron chi connectivity index (χ0n) is 14.2. The molecule has 2 aromatic rings. The van der Waals surface area contributed by atoms with Crippen molar-refractivity contribution in [1.82, 2.24) is 0 Å². The molecule has 25 heavy (non-hydrogen) atoms. The first kappa shape index (κ1) is 19.3. The molecule has 7 heteroatoms. The van der Waals surface area contributed by atoms with Gasteiger partial charge in [-0.15, -0.1) is 0 Å². The summed E-state index contributed by atoms with van der Waals surface area (Å²) < 4.78 is 66.9. The van der Waals surface area contributed by atoms with Crippen LogP contribution in [-0.2, 0) is 29.0 Å². The third-order valence-electron chi connectivity index (χ3n) is 3.87. The van der Waals surface area contributed by atoms with Crippen molar-refractivity contribution in [3.63, 3.8) is 0 Å². The standard InChI is InChI=1S/C18H20F3NO2S/c1-4-13-7-6-8-14(5-2)17(13)25(23,24)22-16-10-12(3)9-15(11-16)18(19,20)21/h6-11,22H,4-5H2,1-3H3. The summed E-state index contributed by atoms with van der Waals surface area (Å²) in [5.41, 5.74) is 0.614. The average Bonchev–Trinajstić information content (AvgIpc) is 2.52. The van der Waals surface area contributed by atoms with Gasteiger partial charge in [-0.3, -0.25) is 4.72 Å². The van der Waals surface area contributed by atoms with Crippen LogP contribution >= 0.6 is 0 Å². The number of nitrogens with one attached hydrogen (secondary N) is 1. The van der Waals surface area contributed by atoms with E-state index in [-0.39, 0.29) is 10.6 Å². The summed E-state index contributed by atoms with van der Waals surface area (Å²) in [4.78, 5) is 0.148. The van der Waals surface area contributed by atoms with Crippen molar-refractivity contribution in [2.45, 2.75) is 44.7 Å². The molecule has 0 saturated carbocycles. The van der Waals surface area contributed by atoms with Crippen molar-refractivity contribution in [1.29, 1.82) is 0 Å². The lowest BCUT2D eigenvalue weighted by Crippen LogP contribution is -2.18. The summed E-state index contributed by atoms with van der Waals surface area (Å²) in [6.07, 6.45) is -3.53. The van der Waals surface area contributed by atoms with Gasteiger partial charge in [0.25, 0.3) is 10.0 Å². The van der Waals surface area contributed by atoms with E-state index in [9.17, 15) is 21.6 Å². The van der Waals surface area contributed by atoms with Crippen LogP contribution in [0, 0.1) is 6.92 Å². The fourth-order valence-electron chi connectivity index (χ4n) is 2.75. The minimum absolute atomic E-state index is 0.0970. The molecule has 0 amide bonds. The number of sulfonamides is 1. The molecule has 0 atom stereocenters. The summed E-state index contributed by atoms with van der Waals surface area (Å²) in [7, 11) is -4.00. The van der Waals surface area contributed by atoms with Crippen LogP contribution < -0.4 is 4.72 Å². The number of hydrogen-bond donors (Lipinski definition) is 1. The van der Waals surface area contributed by atoms with Crippen molar-refractivity contribution < 1.29 is 21.6 Å². The van der Waals surface area contributed by atoms with Gasteiger partial charge in [0.2, 0.25) is 0 Å². The fourth-order valence-corrected chi connectivity index (χ4v) is 4.40. The highest BCUT2D eigenvalue weighted by molar-refractivity contribution is 7.92. The van der Waals surface area contributed by atoms with Gasteiger partial charge in [0.15, 0.2) is 0 Å². The Morgan fingerprint density at radius 3 is 2.04 bits per heavy atom. The number of anilines is 1. The molecule has 0 unspecified atom stereocenters. The molecule has 2 aromatic carbocycles. The van der Waals surface area contributed by atoms with Gasteiger partial charge >= 0.3 is 6.18 Å². The fraction of sp³-hybridized carbons (Fsp3) is 0.333. The van der Waals surface area contributed by atoms with Crippen LogP contribution in [0.2, 0.25) is 0 Å². The molecule has 0 aromatic heterocycles. The van der Waals surface area contributed by atoms with E-state index < -0.39 is 21.8 Å². The molecule has 0 bridgehead atoms. The van der Waals surface area contributed by atoms with E-state index >= 15 is 0 Å². The highest BCUT2D eigenvalue weighted by Crippen LogP contribution is 2.33. The Morgan fingerprint density at radius 2 is 1.56 bits per heavy atom. The lowest BCUT2D eigenvalue weighted by Gasteiger charge is -2.16. The lowest BCUT2D eigenvalue weighted by molar-refractivity contribution is -0.137. The van der Waals surface area contributed by atoms with Gasteiger partial charge < -0.3 is 0 Å². The maximum absolute atomic E-state index is 13.0. The minimum atomic E-state index is -4.54. The van der Waals surface area contributed by atoms with Crippen molar-refractivity contribution >= 4 is 15.7 Å². The zero-order valence-corrected chi connectivity index (χ0v) is 15.1. The quantitative estimate of drug-likeness (QED) is 0.809. The summed E-state index contributed by atoms with van der Waals surface area (Å²) >= 11 is 0. The topological polar surface area (TPSA) is 46.2 Å². The van der Waals surface area contributed by atoms with Crippen LogP contribution in [0.4, 0.5) is 18.9 Å². The summed E-state index contributed by atoms with van der Waals surface area (Å²) in [6.45, 7) is 5.16. The summed E-state index contributed by atoms with van der Waals surface area (Å²) in [5, 5.41) is 0. The number of benzene rings is 2. The molecule has 0 radical (unpaired) electrons. The maximum Gasteiger partial charge on any atom is 0.416 e. The normalized spacial score (nSPS) is 12.2. The first-order chi connectivity index (χ1) is 11.6. The van der Waals surface area contributed by atoms with Gasteiger partial charge in [-0.25, -0.2) is 8.42 Å². The second kappa shape index (κ2) is 7.07. The van der Waals surface area contributed by atoms with E-state index in [2.05, 4.69) is 4.72 Å². The Bertz CT molecular complexity index is 852. The van der Waals surface area contributed by atoms with Gasteiger partial charge in [0, 0.05) is 5.69 Å². The molecule has 3 nitrogen and oxygen atoms in total. The van der Waals surface area contributed by atoms with Crippen LogP contribution in [0.25, 0.3) is 0 Å². The monoisotopic (exact) mass is 371 g/mol. The van der Waals surface area contributed by atoms with E-state index in [0.29, 0.717) is 29.5 Å². The first-order valence-corrected chi connectivity index (χ1v) is 9.39. The predicted octanol–water partition coefficient (Wildman–Crippen LogP) is 4.94. The largest absolute Gasteiger partial charge is 0.416 e. The molecule has 0 heterocycles. The maximum atomic E-state index is 13.0. The summed E-state index contributed by atoms with van der Waals surface area (Å²) in [6, 6.07) is 8.38. The van der Waals surface area contributed by atoms with Crippen LogP contribution in [0.1, 0.15) is 36.1 Å². The average molecular weight is 371 g/mol. The van der Waals surface area contributed by atoms with Gasteiger partial charge in [0.1, 0.15) is 0 Å². The third-order valence-corrected chi connectivity index (χ3v) is 5.43. The van der Waals surface area contributed by atoms with Crippen molar-refractivity contribution in [2.75, 3.05) is 4.72 Å². The number of halogens is 3. The molecule has 1 N–H and O–H groups in total. The second-order valence-corrected chi connectivity index (χ2v) is 7.42. The number of hydrogen-bond acceptors (Lipinski definition) is 2. The predicted molar refractivity (Wildman–Crippen MR) is 92.2 cm³/mol. The van der Waals surface area contributed by atoms with Gasteiger partial charge in [-0.1, -0.05) is 32.0 Å². The molecule has 0 aliphatic heterocycles. The van der Waals surface area contributed by atoms with E-state index in [1.807, 2.05) is 13.8 Å². The van der Waals surface area contributed by atoms with Crippen LogP contribution in [-0.4, -0.2) is 8.42 Å². The van der Waals surface area contributed by atoms with Crippen LogP contribution in [0.5, 0.6) is 0 Å². The molecule has 0 fully saturated rings. The van der Waals surface area contributed by atoms with E-state index in [1.54, 1.807) is 18.2 Å². The first-order valence-electron chi connectivity index (χ1n) is 7.91. The summed E-state index contributed by atoms with van der Waals surface area (Å²) in [5.74, 6) is 0. The number of aryl methyl sites for hydroxylation is 3. The lowest BCUT2D eigenvalue weighted by atomic mass is 10.1. The van der Waals surface area contributed by atoms with Crippen molar-refractivity contribution in [2.24, 2.45) is 0 Å². The molecular weight excluding hydrogens is 351 g/mol. The van der Waals surface area contributed by atoms with Gasteiger partial charge in [-0.2, -0.15) is 13.2 Å². The molecule has 0 aliphatic carbocycles. The molecule has 136 valence electrons. The smallest absolute Gasteiger partial charge is 0.280 e. The molecule has 2 rings (SSSR count). The van der Waals surface area contributed by atoms with Crippen LogP contribution in [0.3, 0.4) is 0 Å². The second-order valence-electron chi connectivity index (χ2n) is 5.80. The molecule has 0 spiro atoms. The van der Waals surface area contributed by atoms with Gasteiger partial charge in [-0.05, 0) is 54.7 Å². The SMILES string of the molecule is CCc1cccc(CC)c1S(=O)(=O)Nc1cc(C)cc(C(F)(F)F)c1. The Hall–Kier alpha value is -2.02.